The van der Waals surface area contributed by atoms with Gasteiger partial charge in [0, 0.05) is 34.0 Å². The van der Waals surface area contributed by atoms with Crippen molar-refractivity contribution in [3.63, 3.8) is 0 Å². The molecule has 8 nitrogen and oxygen atoms in total. The number of carbonyl (C=O) groups is 2. The number of aromatic nitrogens is 2. The number of amides is 1. The van der Waals surface area contributed by atoms with Crippen LogP contribution < -0.4 is 16.0 Å². The second kappa shape index (κ2) is 11.8. The molecule has 1 atom stereocenters. The number of thioether (sulfide) groups is 1. The third-order valence-corrected chi connectivity index (χ3v) is 9.13. The lowest BCUT2D eigenvalue weighted by Crippen LogP contribution is -2.39. The number of nitrogens with two attached hydrogens (primary N) is 1. The van der Waals surface area contributed by atoms with Crippen molar-refractivity contribution in [2.24, 2.45) is 5.73 Å². The average molecular weight is 595 g/mol. The van der Waals surface area contributed by atoms with Crippen molar-refractivity contribution >= 4 is 57.2 Å². The Morgan fingerprint density at radius 2 is 2.05 bits per heavy atom. The minimum atomic E-state index is -1.02. The largest absolute Gasteiger partial charge is 0.384 e. The number of allylic oxidation sites excluding steroid dienone is 3. The normalized spacial score (nSPS) is 17.1. The van der Waals surface area contributed by atoms with Crippen LogP contribution in [0.5, 0.6) is 0 Å². The Labute approximate surface area is 243 Å². The number of carbonyl (C=O) groups excluding carboxylic acids is 2. The zero-order chi connectivity index (χ0) is 28.4. The summed E-state index contributed by atoms with van der Waals surface area (Å²) in [4.78, 5) is 27.3. The van der Waals surface area contributed by atoms with Gasteiger partial charge in [-0.25, -0.2) is 4.39 Å². The van der Waals surface area contributed by atoms with Crippen LogP contribution in [0, 0.1) is 17.1 Å². The molecule has 0 saturated heterocycles. The minimum absolute atomic E-state index is 0.0128. The Balaban J connectivity index is 1.42. The van der Waals surface area contributed by atoms with Crippen LogP contribution in [0.25, 0.3) is 0 Å². The fraction of sp³-hybridized carbons (Fsp3) is 0.250. The number of halogens is 2. The number of Topliss-reactive ketones (excluding diaryl/α,β-unsaturated/α-hetero) is 1. The van der Waals surface area contributed by atoms with Crippen molar-refractivity contribution in [3.8, 4) is 6.07 Å². The van der Waals surface area contributed by atoms with E-state index in [4.69, 9.17) is 17.3 Å². The molecule has 1 aromatic heterocycles. The van der Waals surface area contributed by atoms with Gasteiger partial charge in [0.15, 0.2) is 10.1 Å². The number of rotatable bonds is 7. The highest BCUT2D eigenvalue weighted by atomic mass is 35.5. The molecule has 0 bridgehead atoms. The van der Waals surface area contributed by atoms with Crippen molar-refractivity contribution in [3.05, 3.63) is 87.1 Å². The standard InChI is InChI=1S/C28H24ClFN6O2S2/c1-2-15-9-11-16(12-10-15)33-22(38)14-39-28-35-34-27(40-28)36-20-7-4-8-21(37)25(20)23(17(13-31)26(36)32)24-18(29)5-3-6-19(24)30/h3,5-6,9-12,23H,2,4,7-8,14,32H2,1H3,(H,33,38). The van der Waals surface area contributed by atoms with Gasteiger partial charge in [-0.2, -0.15) is 5.26 Å². The first kappa shape index (κ1) is 27.8. The van der Waals surface area contributed by atoms with Crippen molar-refractivity contribution < 1.29 is 14.0 Å². The number of ketones is 1. The Hall–Kier alpha value is -3.72. The number of nitriles is 1. The third-order valence-electron chi connectivity index (χ3n) is 6.76. The number of hydrogen-bond donors (Lipinski definition) is 2. The molecule has 2 aromatic carbocycles. The lowest BCUT2D eigenvalue weighted by molar-refractivity contribution is -0.116. The molecule has 0 saturated carbocycles. The molecule has 12 heteroatoms. The maximum absolute atomic E-state index is 15.0. The highest BCUT2D eigenvalue weighted by Crippen LogP contribution is 2.48. The lowest BCUT2D eigenvalue weighted by Gasteiger charge is -2.38. The van der Waals surface area contributed by atoms with Crippen LogP contribution >= 0.6 is 34.7 Å². The molecule has 3 N–H and O–H groups in total. The van der Waals surface area contributed by atoms with Gasteiger partial charge in [0.05, 0.1) is 23.3 Å². The number of nitrogens with one attached hydrogen (secondary N) is 1. The smallest absolute Gasteiger partial charge is 0.234 e. The van der Waals surface area contributed by atoms with Crippen LogP contribution in [0.4, 0.5) is 15.2 Å². The fourth-order valence-corrected chi connectivity index (χ4v) is 6.83. The maximum Gasteiger partial charge on any atom is 0.234 e. The van der Waals surface area contributed by atoms with E-state index in [-0.39, 0.29) is 45.8 Å². The van der Waals surface area contributed by atoms with E-state index in [2.05, 4.69) is 28.5 Å². The molecular formula is C28H24ClFN6O2S2. The van der Waals surface area contributed by atoms with E-state index in [1.165, 1.54) is 46.9 Å². The van der Waals surface area contributed by atoms with Crippen LogP contribution in [0.3, 0.4) is 0 Å². The van der Waals surface area contributed by atoms with Gasteiger partial charge >= 0.3 is 0 Å². The first-order valence-corrected chi connectivity index (χ1v) is 14.8. The van der Waals surface area contributed by atoms with E-state index in [0.29, 0.717) is 39.3 Å². The summed E-state index contributed by atoms with van der Waals surface area (Å²) in [6.07, 6.45) is 2.23. The Bertz CT molecular complexity index is 1570. The van der Waals surface area contributed by atoms with Gasteiger partial charge in [-0.05, 0) is 49.1 Å². The van der Waals surface area contributed by atoms with Gasteiger partial charge in [-0.1, -0.05) is 59.8 Å². The van der Waals surface area contributed by atoms with Gasteiger partial charge in [0.2, 0.25) is 11.0 Å². The van der Waals surface area contributed by atoms with E-state index in [1.807, 2.05) is 24.3 Å². The van der Waals surface area contributed by atoms with E-state index >= 15 is 4.39 Å². The molecule has 3 aromatic rings. The highest BCUT2D eigenvalue weighted by Gasteiger charge is 2.42. The maximum atomic E-state index is 15.0. The summed E-state index contributed by atoms with van der Waals surface area (Å²) >= 11 is 8.78. The van der Waals surface area contributed by atoms with E-state index in [1.54, 1.807) is 4.90 Å². The van der Waals surface area contributed by atoms with Crippen molar-refractivity contribution in [2.75, 3.05) is 16.0 Å². The van der Waals surface area contributed by atoms with Crippen molar-refractivity contribution in [2.45, 2.75) is 42.9 Å². The van der Waals surface area contributed by atoms with Crippen LogP contribution in [0.1, 0.15) is 43.2 Å². The molecule has 1 aliphatic carbocycles. The number of hydrogen-bond acceptors (Lipinski definition) is 9. The molecule has 5 rings (SSSR count). The highest BCUT2D eigenvalue weighted by molar-refractivity contribution is 8.01. The molecule has 0 fully saturated rings. The van der Waals surface area contributed by atoms with E-state index in [9.17, 15) is 14.9 Å². The van der Waals surface area contributed by atoms with E-state index in [0.717, 1.165) is 6.42 Å². The van der Waals surface area contributed by atoms with Crippen LogP contribution in [0.15, 0.2) is 69.5 Å². The molecule has 40 heavy (non-hydrogen) atoms. The quantitative estimate of drug-likeness (QED) is 0.323. The molecule has 1 amide bonds. The molecule has 0 radical (unpaired) electrons. The predicted octanol–water partition coefficient (Wildman–Crippen LogP) is 5.93. The third kappa shape index (κ3) is 5.35. The summed E-state index contributed by atoms with van der Waals surface area (Å²) in [5.41, 5.74) is 9.33. The topological polar surface area (TPSA) is 125 Å². The van der Waals surface area contributed by atoms with Gasteiger partial charge in [-0.3, -0.25) is 14.5 Å². The van der Waals surface area contributed by atoms with Crippen molar-refractivity contribution in [1.82, 2.24) is 10.2 Å². The molecule has 2 aliphatic rings. The van der Waals surface area contributed by atoms with Crippen molar-refractivity contribution in [1.29, 1.82) is 5.26 Å². The SMILES string of the molecule is CCc1ccc(NC(=O)CSc2nnc(N3C(N)=C(C#N)C(c4c(F)cccc4Cl)C4=C3CCCC4=O)s2)cc1. The molecule has 1 aliphatic heterocycles. The lowest BCUT2D eigenvalue weighted by atomic mass is 9.75. The summed E-state index contributed by atoms with van der Waals surface area (Å²) in [6.45, 7) is 2.06. The zero-order valence-electron chi connectivity index (χ0n) is 21.4. The zero-order valence-corrected chi connectivity index (χ0v) is 23.8. The first-order valence-electron chi connectivity index (χ1n) is 12.6. The molecule has 2 heterocycles. The molecule has 204 valence electrons. The number of benzene rings is 2. The van der Waals surface area contributed by atoms with Crippen LogP contribution in [-0.2, 0) is 16.0 Å². The predicted molar refractivity (Wildman–Crippen MR) is 154 cm³/mol. The summed E-state index contributed by atoms with van der Waals surface area (Å²) < 4.78 is 15.6. The van der Waals surface area contributed by atoms with Crippen LogP contribution in [-0.4, -0.2) is 27.6 Å². The monoisotopic (exact) mass is 594 g/mol. The summed E-state index contributed by atoms with van der Waals surface area (Å²) in [7, 11) is 0. The van der Waals surface area contributed by atoms with Gasteiger partial charge < -0.3 is 11.1 Å². The fourth-order valence-electron chi connectivity index (χ4n) is 4.88. The summed E-state index contributed by atoms with van der Waals surface area (Å²) in [5, 5.41) is 21.9. The molecule has 1 unspecified atom stereocenters. The van der Waals surface area contributed by atoms with E-state index < -0.39 is 11.7 Å². The summed E-state index contributed by atoms with van der Waals surface area (Å²) in [5.74, 6) is -1.87. The number of aryl methyl sites for hydroxylation is 1. The van der Waals surface area contributed by atoms with Gasteiger partial charge in [0.25, 0.3) is 0 Å². The Kier molecular flexibility index (Phi) is 8.21. The number of anilines is 2. The summed E-state index contributed by atoms with van der Waals surface area (Å²) in [6, 6.07) is 14.0. The first-order chi connectivity index (χ1) is 19.3. The molecular weight excluding hydrogens is 571 g/mol. The minimum Gasteiger partial charge on any atom is -0.384 e. The van der Waals surface area contributed by atoms with Crippen LogP contribution in [0.2, 0.25) is 5.02 Å². The molecule has 0 spiro atoms. The average Bonchev–Trinajstić information content (AvgIpc) is 3.41. The Morgan fingerprint density at radius 3 is 2.75 bits per heavy atom. The Morgan fingerprint density at radius 1 is 1.27 bits per heavy atom. The number of nitrogens with zero attached hydrogens (tertiary/aromatic N) is 4. The van der Waals surface area contributed by atoms with Gasteiger partial charge in [0.1, 0.15) is 11.6 Å². The second-order valence-corrected chi connectivity index (χ2v) is 11.8. The second-order valence-electron chi connectivity index (χ2n) is 9.19. The van der Waals surface area contributed by atoms with Gasteiger partial charge in [-0.15, -0.1) is 10.2 Å².